The quantitative estimate of drug-likeness (QED) is 0.210. The predicted molar refractivity (Wildman–Crippen MR) is 117 cm³/mol. The van der Waals surface area contributed by atoms with Gasteiger partial charge in [0.1, 0.15) is 0 Å². The number of thioether (sulfide) groups is 1. The van der Waals surface area contributed by atoms with E-state index in [0.29, 0.717) is 5.69 Å². The van der Waals surface area contributed by atoms with Gasteiger partial charge in [0.25, 0.3) is 5.69 Å². The summed E-state index contributed by atoms with van der Waals surface area (Å²) < 4.78 is 26.8. The van der Waals surface area contributed by atoms with E-state index in [4.69, 9.17) is 0 Å². The highest BCUT2D eigenvalue weighted by Crippen LogP contribution is 2.24. The van der Waals surface area contributed by atoms with E-state index in [0.717, 1.165) is 11.0 Å². The normalized spacial score (nSPS) is 12.1. The summed E-state index contributed by atoms with van der Waals surface area (Å²) >= 11 is 1.32. The zero-order valence-corrected chi connectivity index (χ0v) is 18.5. The summed E-state index contributed by atoms with van der Waals surface area (Å²) in [7, 11) is -3.94. The summed E-state index contributed by atoms with van der Waals surface area (Å²) in [6, 6.07) is 11.7. The summed E-state index contributed by atoms with van der Waals surface area (Å²) in [5, 5.41) is 15.7. The number of nitro benzene ring substituents is 1. The van der Waals surface area contributed by atoms with Crippen LogP contribution in [0.1, 0.15) is 13.8 Å². The maximum Gasteiger partial charge on any atom is 0.270 e. The second kappa shape index (κ2) is 10.9. The smallest absolute Gasteiger partial charge is 0.270 e. The first-order valence-corrected chi connectivity index (χ1v) is 11.5. The molecule has 2 aromatic carbocycles. The summed E-state index contributed by atoms with van der Waals surface area (Å²) in [5.74, 6) is -0.445. The van der Waals surface area contributed by atoms with Gasteiger partial charge in [-0.25, -0.2) is 13.1 Å². The van der Waals surface area contributed by atoms with Crippen LogP contribution >= 0.6 is 11.8 Å². The highest BCUT2D eigenvalue weighted by atomic mass is 32.2. The van der Waals surface area contributed by atoms with E-state index in [2.05, 4.69) is 15.4 Å². The van der Waals surface area contributed by atoms with Gasteiger partial charge < -0.3 is 10.6 Å². The van der Waals surface area contributed by atoms with Crippen LogP contribution in [0.4, 0.5) is 11.4 Å². The van der Waals surface area contributed by atoms with E-state index in [9.17, 15) is 28.1 Å². The average molecular weight is 467 g/mol. The Bertz CT molecular complexity index is 1060. The summed E-state index contributed by atoms with van der Waals surface area (Å²) in [5.41, 5.74) is 0.331. The fraction of sp³-hybridized carbons (Fsp3) is 0.263. The third kappa shape index (κ3) is 7.66. The van der Waals surface area contributed by atoms with Crippen LogP contribution < -0.4 is 15.4 Å². The van der Waals surface area contributed by atoms with E-state index in [1.807, 2.05) is 0 Å². The van der Waals surface area contributed by atoms with E-state index in [1.54, 1.807) is 31.2 Å². The molecule has 1 atom stereocenters. The highest BCUT2D eigenvalue weighted by Gasteiger charge is 2.18. The molecule has 0 spiro atoms. The molecule has 166 valence electrons. The molecular formula is C19H22N4O6S2. The maximum atomic E-state index is 12.2. The minimum Gasteiger partial charge on any atom is -0.354 e. The van der Waals surface area contributed by atoms with Crippen LogP contribution in [-0.2, 0) is 19.6 Å². The van der Waals surface area contributed by atoms with Crippen molar-refractivity contribution >= 4 is 45.0 Å². The van der Waals surface area contributed by atoms with Crippen molar-refractivity contribution in [1.29, 1.82) is 0 Å². The SMILES string of the molecule is CC(=O)Nc1ccc(SC(C)C(=O)NCCNS(=O)(=O)c2cccc([N+](=O)[O-])c2)cc1. The molecule has 31 heavy (non-hydrogen) atoms. The van der Waals surface area contributed by atoms with Gasteiger partial charge in [-0.05, 0) is 37.3 Å². The van der Waals surface area contributed by atoms with E-state index >= 15 is 0 Å². The van der Waals surface area contributed by atoms with Gasteiger partial charge in [0.15, 0.2) is 0 Å². The Labute approximate surface area is 184 Å². The largest absolute Gasteiger partial charge is 0.354 e. The van der Waals surface area contributed by atoms with Crippen LogP contribution in [0.15, 0.2) is 58.3 Å². The molecule has 3 N–H and O–H groups in total. The molecule has 2 rings (SSSR count). The van der Waals surface area contributed by atoms with E-state index in [1.165, 1.54) is 36.9 Å². The van der Waals surface area contributed by atoms with Crippen molar-refractivity contribution in [2.24, 2.45) is 0 Å². The van der Waals surface area contributed by atoms with Gasteiger partial charge in [0.2, 0.25) is 21.8 Å². The van der Waals surface area contributed by atoms with Crippen LogP contribution in [0.25, 0.3) is 0 Å². The molecule has 0 heterocycles. The van der Waals surface area contributed by atoms with Gasteiger partial charge >= 0.3 is 0 Å². The second-order valence-corrected chi connectivity index (χ2v) is 9.59. The van der Waals surface area contributed by atoms with Gasteiger partial charge in [-0.1, -0.05) is 6.07 Å². The Kier molecular flexibility index (Phi) is 8.54. The molecule has 10 nitrogen and oxygen atoms in total. The van der Waals surface area contributed by atoms with E-state index in [-0.39, 0.29) is 35.5 Å². The van der Waals surface area contributed by atoms with Gasteiger partial charge in [0, 0.05) is 42.7 Å². The minimum atomic E-state index is -3.94. The zero-order chi connectivity index (χ0) is 23.0. The zero-order valence-electron chi connectivity index (χ0n) is 16.8. The third-order valence-electron chi connectivity index (χ3n) is 3.91. The molecule has 0 aliphatic rings. The second-order valence-electron chi connectivity index (χ2n) is 6.41. The number of carbonyl (C=O) groups is 2. The summed E-state index contributed by atoms with van der Waals surface area (Å²) in [6.07, 6.45) is 0. The molecule has 0 aliphatic heterocycles. The molecule has 2 aromatic rings. The molecule has 12 heteroatoms. The Morgan fingerprint density at radius 1 is 1.13 bits per heavy atom. The number of nitrogens with one attached hydrogen (secondary N) is 3. The minimum absolute atomic E-state index is 0.0549. The molecule has 0 aromatic heterocycles. The van der Waals surface area contributed by atoms with Gasteiger partial charge in [-0.3, -0.25) is 19.7 Å². The van der Waals surface area contributed by atoms with Crippen molar-refractivity contribution in [1.82, 2.24) is 10.0 Å². The van der Waals surface area contributed by atoms with Gasteiger partial charge in [-0.15, -0.1) is 11.8 Å². The van der Waals surface area contributed by atoms with Crippen LogP contribution in [0, 0.1) is 10.1 Å². The van der Waals surface area contributed by atoms with Crippen LogP contribution in [0.3, 0.4) is 0 Å². The molecular weight excluding hydrogens is 444 g/mol. The Hall–Kier alpha value is -2.96. The maximum absolute atomic E-state index is 12.2. The molecule has 0 aliphatic carbocycles. The van der Waals surface area contributed by atoms with Crippen molar-refractivity contribution in [3.8, 4) is 0 Å². The topological polar surface area (TPSA) is 148 Å². The van der Waals surface area contributed by atoms with Crippen LogP contribution in [-0.4, -0.2) is 43.5 Å². The summed E-state index contributed by atoms with van der Waals surface area (Å²) in [4.78, 5) is 34.0. The fourth-order valence-electron chi connectivity index (χ4n) is 2.44. The van der Waals surface area contributed by atoms with Gasteiger partial charge in [0.05, 0.1) is 15.1 Å². The molecule has 0 saturated carbocycles. The number of anilines is 1. The van der Waals surface area contributed by atoms with Crippen molar-refractivity contribution in [2.45, 2.75) is 28.9 Å². The molecule has 0 saturated heterocycles. The first-order valence-electron chi connectivity index (χ1n) is 9.14. The number of benzene rings is 2. The van der Waals surface area contributed by atoms with Crippen molar-refractivity contribution in [3.63, 3.8) is 0 Å². The molecule has 2 amide bonds. The van der Waals surface area contributed by atoms with Crippen molar-refractivity contribution in [2.75, 3.05) is 18.4 Å². The highest BCUT2D eigenvalue weighted by molar-refractivity contribution is 8.00. The number of non-ortho nitro benzene ring substituents is 1. The average Bonchev–Trinajstić information content (AvgIpc) is 2.72. The number of hydrogen-bond donors (Lipinski definition) is 3. The first-order chi connectivity index (χ1) is 14.6. The lowest BCUT2D eigenvalue weighted by Gasteiger charge is -2.13. The lowest BCUT2D eigenvalue weighted by Crippen LogP contribution is -2.37. The molecule has 0 fully saturated rings. The summed E-state index contributed by atoms with van der Waals surface area (Å²) in [6.45, 7) is 3.12. The standard InChI is InChI=1S/C19H22N4O6S2/c1-13(30-17-8-6-15(7-9-17)22-14(2)24)19(25)20-10-11-21-31(28,29)18-5-3-4-16(12-18)23(26)27/h3-9,12-13,21H,10-11H2,1-2H3,(H,20,25)(H,22,24). The number of carbonyl (C=O) groups excluding carboxylic acids is 2. The van der Waals surface area contributed by atoms with Crippen molar-refractivity contribution in [3.05, 3.63) is 58.6 Å². The first kappa shape index (κ1) is 24.3. The Balaban J connectivity index is 1.81. The number of sulfonamides is 1. The molecule has 0 bridgehead atoms. The fourth-order valence-corrected chi connectivity index (χ4v) is 4.40. The Morgan fingerprint density at radius 3 is 2.42 bits per heavy atom. The monoisotopic (exact) mass is 466 g/mol. The van der Waals surface area contributed by atoms with Crippen LogP contribution in [0.2, 0.25) is 0 Å². The predicted octanol–water partition coefficient (Wildman–Crippen LogP) is 2.13. The van der Waals surface area contributed by atoms with Crippen molar-refractivity contribution < 1.29 is 22.9 Å². The third-order valence-corrected chi connectivity index (χ3v) is 6.48. The molecule has 0 radical (unpaired) electrons. The van der Waals surface area contributed by atoms with Crippen LogP contribution in [0.5, 0.6) is 0 Å². The number of rotatable bonds is 10. The number of nitrogens with zero attached hydrogens (tertiary/aromatic N) is 1. The number of hydrogen-bond acceptors (Lipinski definition) is 7. The lowest BCUT2D eigenvalue weighted by atomic mass is 10.3. The number of amides is 2. The van der Waals surface area contributed by atoms with E-state index < -0.39 is 20.2 Å². The molecule has 1 unspecified atom stereocenters. The van der Waals surface area contributed by atoms with Gasteiger partial charge in [-0.2, -0.15) is 0 Å². The Morgan fingerprint density at radius 2 is 1.81 bits per heavy atom. The number of nitro groups is 1. The lowest BCUT2D eigenvalue weighted by molar-refractivity contribution is -0.385.